The van der Waals surface area contributed by atoms with Gasteiger partial charge in [-0.3, -0.25) is 4.72 Å². The molecule has 0 aliphatic carbocycles. The average Bonchev–Trinajstić information content (AvgIpc) is 2.78. The second-order valence-corrected chi connectivity index (χ2v) is 8.90. The van der Waals surface area contributed by atoms with Crippen LogP contribution in [0.2, 0.25) is 5.02 Å². The molecule has 0 aliphatic heterocycles. The third kappa shape index (κ3) is 4.93. The maximum absolute atomic E-state index is 12.8. The molecule has 0 radical (unpaired) electrons. The first-order chi connectivity index (χ1) is 14.9. The van der Waals surface area contributed by atoms with Crippen LogP contribution in [0.15, 0.2) is 83.8 Å². The lowest BCUT2D eigenvalue weighted by atomic mass is 10.1. The number of aromatic nitrogens is 2. The summed E-state index contributed by atoms with van der Waals surface area (Å²) >= 11 is 5.90. The number of nitrogens with one attached hydrogen (secondary N) is 2. The van der Waals surface area contributed by atoms with Crippen molar-refractivity contribution >= 4 is 44.3 Å². The van der Waals surface area contributed by atoms with Crippen LogP contribution >= 0.6 is 11.6 Å². The van der Waals surface area contributed by atoms with Gasteiger partial charge in [-0.1, -0.05) is 54.1 Å². The van der Waals surface area contributed by atoms with Crippen molar-refractivity contribution in [2.24, 2.45) is 0 Å². The van der Waals surface area contributed by atoms with Gasteiger partial charge in [0.05, 0.1) is 22.0 Å². The Kier molecular flexibility index (Phi) is 6.03. The molecule has 9 heteroatoms. The van der Waals surface area contributed by atoms with E-state index >= 15 is 0 Å². The Hall–Kier alpha value is -3.20. The Bertz CT molecular complexity index is 1300. The molecule has 7 nitrogen and oxygen atoms in total. The summed E-state index contributed by atoms with van der Waals surface area (Å²) in [5.74, 6) is 0.261. The molecule has 0 saturated carbocycles. The van der Waals surface area contributed by atoms with E-state index in [1.54, 1.807) is 60.7 Å². The van der Waals surface area contributed by atoms with Crippen LogP contribution in [0.25, 0.3) is 11.0 Å². The second-order valence-electron chi connectivity index (χ2n) is 6.78. The van der Waals surface area contributed by atoms with Gasteiger partial charge in [0, 0.05) is 11.6 Å². The number of anilines is 2. The molecule has 1 unspecified atom stereocenters. The minimum absolute atomic E-state index is 0.0471. The highest BCUT2D eigenvalue weighted by atomic mass is 35.5. The van der Waals surface area contributed by atoms with E-state index < -0.39 is 16.1 Å². The largest absolute Gasteiger partial charge is 0.387 e. The fraction of sp³-hybridized carbons (Fsp3) is 0.0909. The summed E-state index contributed by atoms with van der Waals surface area (Å²) in [5, 5.41) is 14.1. The Morgan fingerprint density at radius 1 is 0.839 bits per heavy atom. The number of sulfonamides is 1. The van der Waals surface area contributed by atoms with Gasteiger partial charge >= 0.3 is 0 Å². The van der Waals surface area contributed by atoms with Crippen LogP contribution in [0, 0.1) is 0 Å². The molecule has 0 aliphatic rings. The van der Waals surface area contributed by atoms with E-state index in [1.807, 2.05) is 6.07 Å². The highest BCUT2D eigenvalue weighted by Crippen LogP contribution is 2.25. The van der Waals surface area contributed by atoms with Crippen molar-refractivity contribution < 1.29 is 13.5 Å². The number of hydrogen-bond donors (Lipinski definition) is 3. The van der Waals surface area contributed by atoms with Gasteiger partial charge in [0.15, 0.2) is 11.6 Å². The van der Waals surface area contributed by atoms with Crippen LogP contribution in [-0.2, 0) is 10.0 Å². The van der Waals surface area contributed by atoms with Crippen LogP contribution in [0.5, 0.6) is 0 Å². The number of fused-ring (bicyclic) bond motifs is 1. The number of aliphatic hydroxyl groups excluding tert-OH is 1. The van der Waals surface area contributed by atoms with Gasteiger partial charge in [-0.2, -0.15) is 0 Å². The minimum Gasteiger partial charge on any atom is -0.387 e. The third-order valence-electron chi connectivity index (χ3n) is 4.57. The Labute approximate surface area is 184 Å². The third-order valence-corrected chi connectivity index (χ3v) is 6.18. The van der Waals surface area contributed by atoms with Crippen LogP contribution in [0.4, 0.5) is 11.6 Å². The zero-order chi connectivity index (χ0) is 21.8. The van der Waals surface area contributed by atoms with Crippen molar-refractivity contribution in [3.8, 4) is 0 Å². The maximum Gasteiger partial charge on any atom is 0.263 e. The van der Waals surface area contributed by atoms with E-state index in [9.17, 15) is 13.5 Å². The molecule has 0 saturated heterocycles. The number of rotatable bonds is 7. The van der Waals surface area contributed by atoms with Crippen molar-refractivity contribution in [1.82, 2.24) is 9.97 Å². The predicted molar refractivity (Wildman–Crippen MR) is 122 cm³/mol. The highest BCUT2D eigenvalue weighted by molar-refractivity contribution is 7.92. The predicted octanol–water partition coefficient (Wildman–Crippen LogP) is 4.23. The summed E-state index contributed by atoms with van der Waals surface area (Å²) in [6.07, 6.45) is -0.857. The first-order valence-electron chi connectivity index (χ1n) is 9.44. The molecule has 31 heavy (non-hydrogen) atoms. The van der Waals surface area contributed by atoms with Gasteiger partial charge in [0.2, 0.25) is 0 Å². The van der Waals surface area contributed by atoms with E-state index in [1.165, 1.54) is 12.1 Å². The number of aliphatic hydroxyl groups is 1. The molecule has 1 atom stereocenters. The lowest BCUT2D eigenvalue weighted by Crippen LogP contribution is -2.18. The van der Waals surface area contributed by atoms with E-state index in [4.69, 9.17) is 11.6 Å². The van der Waals surface area contributed by atoms with E-state index in [0.29, 0.717) is 21.6 Å². The fourth-order valence-electron chi connectivity index (χ4n) is 2.98. The summed E-state index contributed by atoms with van der Waals surface area (Å²) in [4.78, 5) is 9.04. The number of halogens is 1. The summed E-state index contributed by atoms with van der Waals surface area (Å²) in [5.41, 5.74) is 1.79. The Morgan fingerprint density at radius 3 is 2.06 bits per heavy atom. The van der Waals surface area contributed by atoms with Gasteiger partial charge in [-0.25, -0.2) is 18.4 Å². The standard InChI is InChI=1S/C22H19ClN4O3S/c23-16-12-10-15(11-13-16)20(28)14-24-21-22(26-19-9-5-4-8-18(19)25-21)27-31(29,30)17-6-2-1-3-7-17/h1-13,20,28H,14H2,(H,24,25)(H,26,27). The van der Waals surface area contributed by atoms with Gasteiger partial charge in [0.1, 0.15) is 0 Å². The van der Waals surface area contributed by atoms with Crippen molar-refractivity contribution in [2.75, 3.05) is 16.6 Å². The normalized spacial score (nSPS) is 12.5. The minimum atomic E-state index is -3.87. The van der Waals surface area contributed by atoms with Gasteiger partial charge in [-0.15, -0.1) is 0 Å². The smallest absolute Gasteiger partial charge is 0.263 e. The van der Waals surface area contributed by atoms with E-state index in [2.05, 4.69) is 20.0 Å². The molecule has 3 aromatic carbocycles. The number of nitrogens with zero attached hydrogens (tertiary/aromatic N) is 2. The number of para-hydroxylation sites is 2. The quantitative estimate of drug-likeness (QED) is 0.386. The van der Waals surface area contributed by atoms with Crippen molar-refractivity contribution in [1.29, 1.82) is 0 Å². The maximum atomic E-state index is 12.8. The molecule has 0 fully saturated rings. The molecular formula is C22H19ClN4O3S. The summed E-state index contributed by atoms with van der Waals surface area (Å²) in [6, 6.07) is 22.0. The van der Waals surface area contributed by atoms with Crippen molar-refractivity contribution in [3.05, 3.63) is 89.4 Å². The summed E-state index contributed by atoms with van der Waals surface area (Å²) < 4.78 is 28.1. The highest BCUT2D eigenvalue weighted by Gasteiger charge is 2.19. The number of benzene rings is 3. The van der Waals surface area contributed by atoms with Gasteiger partial charge in [0.25, 0.3) is 10.0 Å². The molecule has 4 rings (SSSR count). The molecule has 3 N–H and O–H groups in total. The first kappa shape index (κ1) is 21.0. The summed E-state index contributed by atoms with van der Waals surface area (Å²) in [7, 11) is -3.87. The van der Waals surface area contributed by atoms with Crippen LogP contribution in [-0.4, -0.2) is 30.0 Å². The van der Waals surface area contributed by atoms with Crippen LogP contribution < -0.4 is 10.0 Å². The van der Waals surface area contributed by atoms with Gasteiger partial charge in [-0.05, 0) is 42.0 Å². The lowest BCUT2D eigenvalue weighted by Gasteiger charge is -2.16. The monoisotopic (exact) mass is 454 g/mol. The first-order valence-corrected chi connectivity index (χ1v) is 11.3. The van der Waals surface area contributed by atoms with Crippen molar-refractivity contribution in [3.63, 3.8) is 0 Å². The zero-order valence-electron chi connectivity index (χ0n) is 16.2. The van der Waals surface area contributed by atoms with E-state index in [0.717, 1.165) is 0 Å². The molecular weight excluding hydrogens is 436 g/mol. The summed E-state index contributed by atoms with van der Waals surface area (Å²) in [6.45, 7) is 0.0920. The van der Waals surface area contributed by atoms with Crippen molar-refractivity contribution in [2.45, 2.75) is 11.0 Å². The molecule has 0 spiro atoms. The Balaban J connectivity index is 1.64. The molecule has 4 aromatic rings. The topological polar surface area (TPSA) is 104 Å². The molecule has 1 aromatic heterocycles. The number of hydrogen-bond acceptors (Lipinski definition) is 6. The van der Waals surface area contributed by atoms with Crippen LogP contribution in [0.3, 0.4) is 0 Å². The van der Waals surface area contributed by atoms with Gasteiger partial charge < -0.3 is 10.4 Å². The SMILES string of the molecule is O=S(=O)(Nc1nc2ccccc2nc1NCC(O)c1ccc(Cl)cc1)c1ccccc1. The molecule has 0 bridgehead atoms. The molecule has 1 heterocycles. The molecule has 0 amide bonds. The van der Waals surface area contributed by atoms with E-state index in [-0.39, 0.29) is 23.1 Å². The van der Waals surface area contributed by atoms with Crippen LogP contribution in [0.1, 0.15) is 11.7 Å². The zero-order valence-corrected chi connectivity index (χ0v) is 17.8. The average molecular weight is 455 g/mol. The lowest BCUT2D eigenvalue weighted by molar-refractivity contribution is 0.191. The Morgan fingerprint density at radius 2 is 1.42 bits per heavy atom. The molecule has 158 valence electrons. The second kappa shape index (κ2) is 8.89. The fourth-order valence-corrected chi connectivity index (χ4v) is 4.13.